The van der Waals surface area contributed by atoms with Crippen molar-refractivity contribution >= 4 is 44.3 Å². The molecule has 6 nitrogen and oxygen atoms in total. The Labute approximate surface area is 183 Å². The van der Waals surface area contributed by atoms with Gasteiger partial charge in [0.2, 0.25) is 0 Å². The third-order valence-electron chi connectivity index (χ3n) is 5.29. The van der Waals surface area contributed by atoms with Crippen molar-refractivity contribution in [2.45, 2.75) is 6.92 Å². The molecule has 2 aromatic carbocycles. The highest BCUT2D eigenvalue weighted by Crippen LogP contribution is 2.33. The number of thiazole rings is 1. The van der Waals surface area contributed by atoms with Gasteiger partial charge in [0.15, 0.2) is 10.8 Å². The summed E-state index contributed by atoms with van der Waals surface area (Å²) in [4.78, 5) is 21.8. The number of nitrogens with zero attached hydrogens (tertiary/aromatic N) is 5. The molecule has 0 radical (unpaired) electrons. The van der Waals surface area contributed by atoms with Crippen LogP contribution in [0.25, 0.3) is 16.0 Å². The van der Waals surface area contributed by atoms with Crippen LogP contribution < -0.4 is 4.90 Å². The molecule has 2 aromatic heterocycles. The highest BCUT2D eigenvalue weighted by molar-refractivity contribution is 7.22. The van der Waals surface area contributed by atoms with Gasteiger partial charge in [0, 0.05) is 36.8 Å². The van der Waals surface area contributed by atoms with Crippen molar-refractivity contribution in [2.24, 2.45) is 0 Å². The molecule has 3 heterocycles. The summed E-state index contributed by atoms with van der Waals surface area (Å²) >= 11 is 7.70. The molecule has 0 saturated carbocycles. The number of para-hydroxylation sites is 1. The number of piperazine rings is 1. The second kappa shape index (κ2) is 7.74. The molecule has 1 fully saturated rings. The van der Waals surface area contributed by atoms with Crippen LogP contribution in [0.5, 0.6) is 0 Å². The molecule has 0 atom stereocenters. The molecule has 0 N–H and O–H groups in total. The van der Waals surface area contributed by atoms with E-state index in [1.807, 2.05) is 59.0 Å². The topological polar surface area (TPSA) is 54.3 Å². The first kappa shape index (κ1) is 19.1. The third kappa shape index (κ3) is 3.44. The summed E-state index contributed by atoms with van der Waals surface area (Å²) in [6.07, 6.45) is 0. The molecule has 1 saturated heterocycles. The number of aromatic nitrogens is 3. The average Bonchev–Trinajstić information content (AvgIpc) is 3.35. The first-order valence-corrected chi connectivity index (χ1v) is 11.0. The molecule has 1 aliphatic rings. The quantitative estimate of drug-likeness (QED) is 0.476. The average molecular weight is 438 g/mol. The van der Waals surface area contributed by atoms with Crippen molar-refractivity contribution in [1.82, 2.24) is 19.7 Å². The molecular weight excluding hydrogens is 418 g/mol. The molecule has 30 heavy (non-hydrogen) atoms. The zero-order valence-corrected chi connectivity index (χ0v) is 18.0. The summed E-state index contributed by atoms with van der Waals surface area (Å²) in [6, 6.07) is 17.2. The maximum Gasteiger partial charge on any atom is 0.254 e. The molecule has 0 unspecified atom stereocenters. The van der Waals surface area contributed by atoms with Crippen molar-refractivity contribution in [2.75, 3.05) is 31.1 Å². The molecule has 152 valence electrons. The minimum atomic E-state index is 0.0250. The van der Waals surface area contributed by atoms with Crippen LogP contribution in [-0.4, -0.2) is 51.8 Å². The van der Waals surface area contributed by atoms with Crippen molar-refractivity contribution in [3.05, 3.63) is 70.9 Å². The number of hydrogen-bond acceptors (Lipinski definition) is 5. The maximum atomic E-state index is 12.8. The van der Waals surface area contributed by atoms with Gasteiger partial charge in [-0.25, -0.2) is 4.68 Å². The van der Waals surface area contributed by atoms with Gasteiger partial charge in [0.1, 0.15) is 0 Å². The number of carbonyl (C=O) groups is 1. The zero-order valence-electron chi connectivity index (χ0n) is 16.5. The minimum Gasteiger partial charge on any atom is -0.344 e. The maximum absolute atomic E-state index is 12.8. The van der Waals surface area contributed by atoms with Crippen LogP contribution in [0.15, 0.2) is 54.6 Å². The second-order valence-electron chi connectivity index (χ2n) is 7.27. The predicted molar refractivity (Wildman–Crippen MR) is 121 cm³/mol. The Bertz CT molecular complexity index is 1210. The molecule has 1 aliphatic heterocycles. The van der Waals surface area contributed by atoms with Crippen molar-refractivity contribution in [1.29, 1.82) is 0 Å². The number of rotatable bonds is 3. The number of aryl methyl sites for hydroxylation is 1. The van der Waals surface area contributed by atoms with Crippen molar-refractivity contribution in [3.8, 4) is 5.69 Å². The molecule has 0 bridgehead atoms. The highest BCUT2D eigenvalue weighted by atomic mass is 35.5. The Balaban J connectivity index is 1.35. The van der Waals surface area contributed by atoms with E-state index in [0.29, 0.717) is 23.7 Å². The number of benzene rings is 2. The Kier molecular flexibility index (Phi) is 4.92. The molecule has 8 heteroatoms. The smallest absolute Gasteiger partial charge is 0.254 e. The van der Waals surface area contributed by atoms with E-state index in [9.17, 15) is 4.79 Å². The van der Waals surface area contributed by atoms with Crippen LogP contribution in [0.4, 0.5) is 5.13 Å². The number of anilines is 1. The predicted octanol–water partition coefficient (Wildman–Crippen LogP) is 4.41. The molecule has 4 aromatic rings. The van der Waals surface area contributed by atoms with E-state index >= 15 is 0 Å². The fourth-order valence-corrected chi connectivity index (χ4v) is 4.94. The zero-order chi connectivity index (χ0) is 20.7. The number of amides is 1. The Hall–Kier alpha value is -2.90. The van der Waals surface area contributed by atoms with Gasteiger partial charge in [-0.15, -0.1) is 0 Å². The normalized spacial score (nSPS) is 14.5. The fraction of sp³-hybridized carbons (Fsp3) is 0.227. The third-order valence-corrected chi connectivity index (χ3v) is 6.74. The Morgan fingerprint density at radius 1 is 1.03 bits per heavy atom. The molecule has 1 amide bonds. The van der Waals surface area contributed by atoms with E-state index in [1.165, 1.54) is 0 Å². The monoisotopic (exact) mass is 437 g/mol. The lowest BCUT2D eigenvalue weighted by atomic mass is 10.2. The van der Waals surface area contributed by atoms with Crippen LogP contribution in [-0.2, 0) is 0 Å². The van der Waals surface area contributed by atoms with Crippen LogP contribution >= 0.6 is 22.9 Å². The first-order valence-electron chi connectivity index (χ1n) is 9.81. The summed E-state index contributed by atoms with van der Waals surface area (Å²) in [5, 5.41) is 6.22. The highest BCUT2D eigenvalue weighted by Gasteiger charge is 2.25. The lowest BCUT2D eigenvalue weighted by Gasteiger charge is -2.34. The summed E-state index contributed by atoms with van der Waals surface area (Å²) in [5.41, 5.74) is 3.50. The van der Waals surface area contributed by atoms with Crippen molar-refractivity contribution in [3.63, 3.8) is 0 Å². The Morgan fingerprint density at radius 2 is 1.80 bits per heavy atom. The summed E-state index contributed by atoms with van der Waals surface area (Å²) < 4.78 is 3.01. The lowest BCUT2D eigenvalue weighted by molar-refractivity contribution is 0.0747. The SMILES string of the molecule is Cc1nn(-c2ccccc2)c2nc(N3CCN(C(=O)c4cccc(Cl)c4)CC3)sc12. The van der Waals surface area contributed by atoms with Gasteiger partial charge in [-0.05, 0) is 37.3 Å². The second-order valence-corrected chi connectivity index (χ2v) is 8.69. The number of fused-ring (bicyclic) bond motifs is 1. The molecule has 0 aliphatic carbocycles. The summed E-state index contributed by atoms with van der Waals surface area (Å²) in [5.74, 6) is 0.0250. The van der Waals surface area contributed by atoms with Crippen LogP contribution in [0, 0.1) is 6.92 Å². The van der Waals surface area contributed by atoms with Gasteiger partial charge < -0.3 is 9.80 Å². The van der Waals surface area contributed by atoms with E-state index in [4.69, 9.17) is 16.6 Å². The molecule has 5 rings (SSSR count). The summed E-state index contributed by atoms with van der Waals surface area (Å²) in [7, 11) is 0. The van der Waals surface area contributed by atoms with Gasteiger partial charge in [0.25, 0.3) is 5.91 Å². The fourth-order valence-electron chi connectivity index (χ4n) is 3.71. The summed E-state index contributed by atoms with van der Waals surface area (Å²) in [6.45, 7) is 4.84. The van der Waals surface area contributed by atoms with E-state index in [0.717, 1.165) is 39.9 Å². The van der Waals surface area contributed by atoms with Gasteiger partial charge in [-0.3, -0.25) is 4.79 Å². The van der Waals surface area contributed by atoms with Gasteiger partial charge in [-0.1, -0.05) is 47.2 Å². The number of hydrogen-bond donors (Lipinski definition) is 0. The van der Waals surface area contributed by atoms with E-state index in [1.54, 1.807) is 23.5 Å². The number of carbonyl (C=O) groups excluding carboxylic acids is 1. The minimum absolute atomic E-state index is 0.0250. The van der Waals surface area contributed by atoms with Crippen molar-refractivity contribution < 1.29 is 4.79 Å². The first-order chi connectivity index (χ1) is 14.6. The van der Waals surface area contributed by atoms with Gasteiger partial charge >= 0.3 is 0 Å². The lowest BCUT2D eigenvalue weighted by Crippen LogP contribution is -2.48. The van der Waals surface area contributed by atoms with Crippen LogP contribution in [0.3, 0.4) is 0 Å². The Morgan fingerprint density at radius 3 is 2.53 bits per heavy atom. The number of halogens is 1. The van der Waals surface area contributed by atoms with E-state index in [-0.39, 0.29) is 5.91 Å². The van der Waals surface area contributed by atoms with Crippen LogP contribution in [0.2, 0.25) is 5.02 Å². The molecule has 0 spiro atoms. The van der Waals surface area contributed by atoms with Gasteiger partial charge in [0.05, 0.1) is 16.1 Å². The van der Waals surface area contributed by atoms with Gasteiger partial charge in [-0.2, -0.15) is 10.1 Å². The molecular formula is C22H20ClN5OS. The van der Waals surface area contributed by atoms with Crippen LogP contribution in [0.1, 0.15) is 16.1 Å². The van der Waals surface area contributed by atoms with E-state index < -0.39 is 0 Å². The largest absolute Gasteiger partial charge is 0.344 e. The standard InChI is InChI=1S/C22H20ClN5OS/c1-15-19-20(28(25-15)18-8-3-2-4-9-18)24-22(30-19)27-12-10-26(11-13-27)21(29)16-6-5-7-17(23)14-16/h2-9,14H,10-13H2,1H3. The van der Waals surface area contributed by atoms with E-state index in [2.05, 4.69) is 10.00 Å².